The van der Waals surface area contributed by atoms with E-state index < -0.39 is 17.3 Å². The highest BCUT2D eigenvalue weighted by Gasteiger charge is 2.46. The lowest BCUT2D eigenvalue weighted by molar-refractivity contribution is -0.151. The summed E-state index contributed by atoms with van der Waals surface area (Å²) in [4.78, 5) is 24.8. The summed E-state index contributed by atoms with van der Waals surface area (Å²) in [6, 6.07) is 7.16. The topological polar surface area (TPSA) is 83.6 Å². The van der Waals surface area contributed by atoms with Crippen LogP contribution in [0.25, 0.3) is 0 Å². The first kappa shape index (κ1) is 15.5. The van der Waals surface area contributed by atoms with Crippen LogP contribution < -0.4 is 5.73 Å². The van der Waals surface area contributed by atoms with Crippen molar-refractivity contribution in [2.24, 2.45) is 17.1 Å². The number of aliphatic carboxylic acids is 1. The van der Waals surface area contributed by atoms with E-state index in [1.807, 2.05) is 26.0 Å². The van der Waals surface area contributed by atoms with E-state index in [2.05, 4.69) is 4.90 Å². The highest BCUT2D eigenvalue weighted by Crippen LogP contribution is 2.38. The zero-order valence-electron chi connectivity index (χ0n) is 12.5. The number of hydrogen-bond acceptors (Lipinski definition) is 3. The summed E-state index contributed by atoms with van der Waals surface area (Å²) in [5, 5.41) is 9.54. The molecule has 5 heteroatoms. The Balaban J connectivity index is 2.05. The van der Waals surface area contributed by atoms with Crippen LogP contribution in [-0.2, 0) is 11.3 Å². The third-order valence-electron chi connectivity index (χ3n) is 4.56. The van der Waals surface area contributed by atoms with Gasteiger partial charge in [0.25, 0.3) is 0 Å². The maximum absolute atomic E-state index is 11.6. The van der Waals surface area contributed by atoms with Crippen LogP contribution in [0.1, 0.15) is 36.2 Å². The Morgan fingerprint density at radius 1 is 1.33 bits per heavy atom. The van der Waals surface area contributed by atoms with E-state index >= 15 is 0 Å². The first-order valence-corrected chi connectivity index (χ1v) is 7.19. The molecular formula is C16H22N2O3. The first-order valence-electron chi connectivity index (χ1n) is 7.19. The third kappa shape index (κ3) is 3.08. The van der Waals surface area contributed by atoms with Crippen molar-refractivity contribution in [1.82, 2.24) is 4.90 Å². The lowest BCUT2D eigenvalue weighted by Gasteiger charge is -2.28. The molecule has 1 saturated heterocycles. The SMILES string of the molecule is CC(C)C1(C(=O)O)CCN(Cc2ccc(C(N)=O)cc2)C1. The summed E-state index contributed by atoms with van der Waals surface area (Å²) in [6.07, 6.45) is 0.680. The van der Waals surface area contributed by atoms with Gasteiger partial charge in [-0.2, -0.15) is 0 Å². The largest absolute Gasteiger partial charge is 0.481 e. The molecular weight excluding hydrogens is 268 g/mol. The molecule has 1 aliphatic rings. The lowest BCUT2D eigenvalue weighted by Crippen LogP contribution is -2.39. The Morgan fingerprint density at radius 3 is 2.38 bits per heavy atom. The number of nitrogens with two attached hydrogens (primary N) is 1. The maximum Gasteiger partial charge on any atom is 0.311 e. The minimum absolute atomic E-state index is 0.109. The molecule has 0 bridgehead atoms. The molecule has 1 aliphatic heterocycles. The summed E-state index contributed by atoms with van der Waals surface area (Å²) < 4.78 is 0. The van der Waals surface area contributed by atoms with Gasteiger partial charge in [-0.15, -0.1) is 0 Å². The van der Waals surface area contributed by atoms with E-state index in [1.165, 1.54) is 0 Å². The van der Waals surface area contributed by atoms with E-state index in [4.69, 9.17) is 5.73 Å². The van der Waals surface area contributed by atoms with Gasteiger partial charge >= 0.3 is 5.97 Å². The summed E-state index contributed by atoms with van der Waals surface area (Å²) in [5.74, 6) is -1.03. The molecule has 1 atom stereocenters. The molecule has 1 unspecified atom stereocenters. The van der Waals surface area contributed by atoms with Gasteiger partial charge in [-0.3, -0.25) is 14.5 Å². The molecule has 1 fully saturated rings. The zero-order valence-corrected chi connectivity index (χ0v) is 12.5. The van der Waals surface area contributed by atoms with Gasteiger partial charge < -0.3 is 10.8 Å². The number of hydrogen-bond donors (Lipinski definition) is 2. The van der Waals surface area contributed by atoms with Crippen molar-refractivity contribution in [2.75, 3.05) is 13.1 Å². The first-order chi connectivity index (χ1) is 9.85. The molecule has 5 nitrogen and oxygen atoms in total. The fourth-order valence-corrected chi connectivity index (χ4v) is 2.98. The molecule has 0 aliphatic carbocycles. The summed E-state index contributed by atoms with van der Waals surface area (Å²) >= 11 is 0. The molecule has 0 spiro atoms. The summed E-state index contributed by atoms with van der Waals surface area (Å²) in [7, 11) is 0. The van der Waals surface area contributed by atoms with Gasteiger partial charge in [0.05, 0.1) is 5.41 Å². The van der Waals surface area contributed by atoms with Crippen molar-refractivity contribution in [3.63, 3.8) is 0 Å². The number of amides is 1. The maximum atomic E-state index is 11.6. The number of carbonyl (C=O) groups excluding carboxylic acids is 1. The molecule has 0 radical (unpaired) electrons. The van der Waals surface area contributed by atoms with Crippen molar-refractivity contribution in [1.29, 1.82) is 0 Å². The van der Waals surface area contributed by atoms with Crippen LogP contribution >= 0.6 is 0 Å². The monoisotopic (exact) mass is 290 g/mol. The molecule has 21 heavy (non-hydrogen) atoms. The molecule has 1 heterocycles. The van der Waals surface area contributed by atoms with E-state index in [0.717, 1.165) is 12.1 Å². The second-order valence-corrected chi connectivity index (χ2v) is 6.14. The number of carboxylic acids is 1. The van der Waals surface area contributed by atoms with Crippen molar-refractivity contribution in [3.05, 3.63) is 35.4 Å². The minimum Gasteiger partial charge on any atom is -0.481 e. The molecule has 114 valence electrons. The van der Waals surface area contributed by atoms with Crippen LogP contribution in [0.2, 0.25) is 0 Å². The highest BCUT2D eigenvalue weighted by molar-refractivity contribution is 5.92. The number of primary amides is 1. The van der Waals surface area contributed by atoms with Crippen LogP contribution in [-0.4, -0.2) is 35.0 Å². The lowest BCUT2D eigenvalue weighted by atomic mass is 9.76. The number of carbonyl (C=O) groups is 2. The van der Waals surface area contributed by atoms with Crippen molar-refractivity contribution in [3.8, 4) is 0 Å². The van der Waals surface area contributed by atoms with Gasteiger partial charge in [-0.25, -0.2) is 0 Å². The van der Waals surface area contributed by atoms with E-state index in [-0.39, 0.29) is 5.92 Å². The second-order valence-electron chi connectivity index (χ2n) is 6.14. The van der Waals surface area contributed by atoms with Gasteiger partial charge in [0.2, 0.25) is 5.91 Å². The standard InChI is InChI=1S/C16H22N2O3/c1-11(2)16(15(20)21)7-8-18(10-16)9-12-3-5-13(6-4-12)14(17)19/h3-6,11H,7-10H2,1-2H3,(H2,17,19)(H,20,21). The highest BCUT2D eigenvalue weighted by atomic mass is 16.4. The van der Waals surface area contributed by atoms with Gasteiger partial charge in [-0.05, 0) is 36.6 Å². The number of likely N-dealkylation sites (tertiary alicyclic amines) is 1. The van der Waals surface area contributed by atoms with Gasteiger partial charge in [-0.1, -0.05) is 26.0 Å². The smallest absolute Gasteiger partial charge is 0.311 e. The average molecular weight is 290 g/mol. The van der Waals surface area contributed by atoms with Gasteiger partial charge in [0, 0.05) is 18.7 Å². The van der Waals surface area contributed by atoms with Crippen molar-refractivity contribution >= 4 is 11.9 Å². The van der Waals surface area contributed by atoms with E-state index in [0.29, 0.717) is 25.1 Å². The Kier molecular flexibility index (Phi) is 4.32. The van der Waals surface area contributed by atoms with Crippen LogP contribution in [0.15, 0.2) is 24.3 Å². The van der Waals surface area contributed by atoms with Gasteiger partial charge in [0.15, 0.2) is 0 Å². The normalized spacial score (nSPS) is 22.6. The fraction of sp³-hybridized carbons (Fsp3) is 0.500. The number of benzene rings is 1. The fourth-order valence-electron chi connectivity index (χ4n) is 2.98. The molecule has 2 rings (SSSR count). The van der Waals surface area contributed by atoms with Crippen LogP contribution in [0, 0.1) is 11.3 Å². The number of rotatable bonds is 5. The Morgan fingerprint density at radius 2 is 1.95 bits per heavy atom. The van der Waals surface area contributed by atoms with Crippen molar-refractivity contribution < 1.29 is 14.7 Å². The van der Waals surface area contributed by atoms with Gasteiger partial charge in [0.1, 0.15) is 0 Å². The van der Waals surface area contributed by atoms with E-state index in [1.54, 1.807) is 12.1 Å². The minimum atomic E-state index is -0.705. The Bertz CT molecular complexity index is 539. The van der Waals surface area contributed by atoms with Crippen molar-refractivity contribution in [2.45, 2.75) is 26.8 Å². The molecule has 1 amide bonds. The Hall–Kier alpha value is -1.88. The van der Waals surface area contributed by atoms with Crippen LogP contribution in [0.3, 0.4) is 0 Å². The predicted molar refractivity (Wildman–Crippen MR) is 79.8 cm³/mol. The molecule has 0 saturated carbocycles. The zero-order chi connectivity index (χ0) is 15.6. The summed E-state index contributed by atoms with van der Waals surface area (Å²) in [6.45, 7) is 5.99. The quantitative estimate of drug-likeness (QED) is 0.865. The third-order valence-corrected chi connectivity index (χ3v) is 4.56. The molecule has 3 N–H and O–H groups in total. The molecule has 1 aromatic carbocycles. The average Bonchev–Trinajstić information content (AvgIpc) is 2.85. The molecule has 1 aromatic rings. The number of nitrogens with zero attached hydrogens (tertiary/aromatic N) is 1. The van der Waals surface area contributed by atoms with Crippen LogP contribution in [0.4, 0.5) is 0 Å². The Labute approximate surface area is 124 Å². The van der Waals surface area contributed by atoms with Crippen LogP contribution in [0.5, 0.6) is 0 Å². The van der Waals surface area contributed by atoms with E-state index in [9.17, 15) is 14.7 Å². The second kappa shape index (κ2) is 5.85. The molecule has 0 aromatic heterocycles. The predicted octanol–water partition coefficient (Wildman–Crippen LogP) is 1.72. The number of carboxylic acid groups (broad SMARTS) is 1. The summed E-state index contributed by atoms with van der Waals surface area (Å²) in [5.41, 5.74) is 6.12.